The lowest BCUT2D eigenvalue weighted by atomic mass is 10.1. The molecule has 114 valence electrons. The first-order chi connectivity index (χ1) is 10.1. The van der Waals surface area contributed by atoms with Crippen LogP contribution in [-0.4, -0.2) is 13.6 Å². The summed E-state index contributed by atoms with van der Waals surface area (Å²) >= 11 is 8.89. The summed E-state index contributed by atoms with van der Waals surface area (Å²) in [6.07, 6.45) is 1.16. The van der Waals surface area contributed by atoms with Crippen molar-refractivity contribution in [2.45, 2.75) is 26.4 Å². The zero-order valence-electron chi connectivity index (χ0n) is 12.3. The Morgan fingerprint density at radius 1 is 1.19 bits per heavy atom. The highest BCUT2D eigenvalue weighted by Gasteiger charge is 2.10. The van der Waals surface area contributed by atoms with Gasteiger partial charge in [-0.2, -0.15) is 0 Å². The predicted molar refractivity (Wildman–Crippen MR) is 100 cm³/mol. The standard InChI is InChI=1S/C16H20Br2N2S/c1-3-6-19-9-12-4-5-13(17)8-16(12)20(2)10-15-7-14(18)11-21-15/h4-5,7-8,11,19H,3,6,9-10H2,1-2H3. The number of rotatable bonds is 7. The fraction of sp³-hybridized carbons (Fsp3) is 0.375. The van der Waals surface area contributed by atoms with E-state index in [2.05, 4.69) is 85.7 Å². The third kappa shape index (κ3) is 5.09. The molecule has 0 aliphatic heterocycles. The van der Waals surface area contributed by atoms with Gasteiger partial charge in [-0.3, -0.25) is 0 Å². The molecule has 5 heteroatoms. The SMILES string of the molecule is CCCNCc1ccc(Br)cc1N(C)Cc1cc(Br)cs1. The van der Waals surface area contributed by atoms with E-state index in [4.69, 9.17) is 0 Å². The van der Waals surface area contributed by atoms with Crippen LogP contribution >= 0.6 is 43.2 Å². The molecule has 1 aromatic carbocycles. The summed E-state index contributed by atoms with van der Waals surface area (Å²) in [7, 11) is 2.15. The van der Waals surface area contributed by atoms with Crippen LogP contribution in [0.15, 0.2) is 38.6 Å². The Morgan fingerprint density at radius 2 is 2.00 bits per heavy atom. The monoisotopic (exact) mass is 430 g/mol. The van der Waals surface area contributed by atoms with Crippen molar-refractivity contribution in [1.82, 2.24) is 5.32 Å². The molecule has 21 heavy (non-hydrogen) atoms. The molecule has 1 N–H and O–H groups in total. The van der Waals surface area contributed by atoms with Gasteiger partial charge < -0.3 is 10.2 Å². The lowest BCUT2D eigenvalue weighted by Crippen LogP contribution is -2.20. The smallest absolute Gasteiger partial charge is 0.0520 e. The Hall–Kier alpha value is -0.360. The number of benzene rings is 1. The van der Waals surface area contributed by atoms with Crippen LogP contribution in [0.4, 0.5) is 5.69 Å². The number of hydrogen-bond acceptors (Lipinski definition) is 3. The Labute approximate surface area is 147 Å². The van der Waals surface area contributed by atoms with Gasteiger partial charge in [0.15, 0.2) is 0 Å². The highest BCUT2D eigenvalue weighted by molar-refractivity contribution is 9.10. The van der Waals surface area contributed by atoms with E-state index >= 15 is 0 Å². The van der Waals surface area contributed by atoms with Gasteiger partial charge in [-0.15, -0.1) is 11.3 Å². The summed E-state index contributed by atoms with van der Waals surface area (Å²) in [5.41, 5.74) is 2.61. The van der Waals surface area contributed by atoms with Gasteiger partial charge in [0.05, 0.1) is 6.54 Å². The quantitative estimate of drug-likeness (QED) is 0.589. The molecule has 0 saturated carbocycles. The summed E-state index contributed by atoms with van der Waals surface area (Å²) in [6.45, 7) is 5.08. The first-order valence-electron chi connectivity index (χ1n) is 7.03. The molecule has 0 radical (unpaired) electrons. The second-order valence-electron chi connectivity index (χ2n) is 5.04. The maximum absolute atomic E-state index is 3.58. The number of hydrogen-bond donors (Lipinski definition) is 1. The van der Waals surface area contributed by atoms with Crippen LogP contribution < -0.4 is 10.2 Å². The lowest BCUT2D eigenvalue weighted by Gasteiger charge is -2.22. The third-order valence-corrected chi connectivity index (χ3v) is 5.39. The van der Waals surface area contributed by atoms with Crippen molar-refractivity contribution in [3.05, 3.63) is 49.0 Å². The molecule has 0 spiro atoms. The molecule has 0 amide bonds. The second-order valence-corrected chi connectivity index (χ2v) is 7.86. The fourth-order valence-electron chi connectivity index (χ4n) is 2.20. The molecular weight excluding hydrogens is 412 g/mol. The highest BCUT2D eigenvalue weighted by atomic mass is 79.9. The molecular formula is C16H20Br2N2S. The van der Waals surface area contributed by atoms with E-state index in [9.17, 15) is 0 Å². The first kappa shape index (κ1) is 17.0. The molecule has 0 aliphatic carbocycles. The van der Waals surface area contributed by atoms with E-state index in [1.54, 1.807) is 11.3 Å². The van der Waals surface area contributed by atoms with E-state index in [1.807, 2.05) is 0 Å². The van der Waals surface area contributed by atoms with Crippen molar-refractivity contribution in [2.24, 2.45) is 0 Å². The average Bonchev–Trinajstić information content (AvgIpc) is 2.86. The number of nitrogens with one attached hydrogen (secondary N) is 1. The van der Waals surface area contributed by atoms with Crippen LogP contribution in [0.1, 0.15) is 23.8 Å². The van der Waals surface area contributed by atoms with Crippen LogP contribution in [0.25, 0.3) is 0 Å². The van der Waals surface area contributed by atoms with Crippen molar-refractivity contribution in [3.8, 4) is 0 Å². The zero-order valence-corrected chi connectivity index (χ0v) is 16.3. The molecule has 0 fully saturated rings. The summed E-state index contributed by atoms with van der Waals surface area (Å²) in [6, 6.07) is 8.70. The van der Waals surface area contributed by atoms with Gasteiger partial charge in [0, 0.05) is 38.5 Å². The maximum atomic E-state index is 3.58. The molecule has 0 unspecified atom stereocenters. The van der Waals surface area contributed by atoms with Crippen molar-refractivity contribution in [1.29, 1.82) is 0 Å². The summed E-state index contributed by atoms with van der Waals surface area (Å²) < 4.78 is 2.28. The Balaban J connectivity index is 2.13. The van der Waals surface area contributed by atoms with Crippen molar-refractivity contribution in [2.75, 3.05) is 18.5 Å². The second kappa shape index (κ2) is 8.32. The van der Waals surface area contributed by atoms with Crippen LogP contribution in [0.2, 0.25) is 0 Å². The van der Waals surface area contributed by atoms with Gasteiger partial charge in [-0.05, 0) is 52.7 Å². The number of thiophene rings is 1. The highest BCUT2D eigenvalue weighted by Crippen LogP contribution is 2.28. The minimum Gasteiger partial charge on any atom is -0.369 e. The van der Waals surface area contributed by atoms with Gasteiger partial charge in [0.2, 0.25) is 0 Å². The third-order valence-electron chi connectivity index (χ3n) is 3.22. The van der Waals surface area contributed by atoms with Crippen LogP contribution in [0.5, 0.6) is 0 Å². The van der Waals surface area contributed by atoms with Gasteiger partial charge >= 0.3 is 0 Å². The Kier molecular flexibility index (Phi) is 6.74. The topological polar surface area (TPSA) is 15.3 Å². The minimum absolute atomic E-state index is 0.912. The number of nitrogens with zero attached hydrogens (tertiary/aromatic N) is 1. The maximum Gasteiger partial charge on any atom is 0.0520 e. The zero-order chi connectivity index (χ0) is 15.2. The molecule has 0 saturated heterocycles. The molecule has 2 rings (SSSR count). The molecule has 1 heterocycles. The predicted octanol–water partition coefficient (Wildman–Crippen LogP) is 5.41. The van der Waals surface area contributed by atoms with Gasteiger partial charge in [0.1, 0.15) is 0 Å². The number of halogens is 2. The summed E-state index contributed by atoms with van der Waals surface area (Å²) in [5.74, 6) is 0. The molecule has 1 aromatic heterocycles. The van der Waals surface area contributed by atoms with E-state index < -0.39 is 0 Å². The van der Waals surface area contributed by atoms with E-state index in [0.717, 1.165) is 35.0 Å². The molecule has 0 aliphatic rings. The number of anilines is 1. The lowest BCUT2D eigenvalue weighted by molar-refractivity contribution is 0.674. The minimum atomic E-state index is 0.912. The summed E-state index contributed by atoms with van der Waals surface area (Å²) in [5, 5.41) is 5.62. The summed E-state index contributed by atoms with van der Waals surface area (Å²) in [4.78, 5) is 3.67. The van der Waals surface area contributed by atoms with E-state index in [-0.39, 0.29) is 0 Å². The largest absolute Gasteiger partial charge is 0.369 e. The molecule has 2 nitrogen and oxygen atoms in total. The van der Waals surface area contributed by atoms with Crippen molar-refractivity contribution >= 4 is 48.9 Å². The van der Waals surface area contributed by atoms with E-state index in [1.165, 1.54) is 16.1 Å². The Morgan fingerprint density at radius 3 is 2.67 bits per heavy atom. The van der Waals surface area contributed by atoms with E-state index in [0.29, 0.717) is 0 Å². The van der Waals surface area contributed by atoms with Crippen molar-refractivity contribution in [3.63, 3.8) is 0 Å². The first-order valence-corrected chi connectivity index (χ1v) is 9.50. The fourth-order valence-corrected chi connectivity index (χ4v) is 4.05. The van der Waals surface area contributed by atoms with Crippen molar-refractivity contribution < 1.29 is 0 Å². The molecule has 2 aromatic rings. The molecule has 0 bridgehead atoms. The van der Waals surface area contributed by atoms with Gasteiger partial charge in [-0.25, -0.2) is 0 Å². The van der Waals surface area contributed by atoms with Gasteiger partial charge in [0.25, 0.3) is 0 Å². The molecule has 0 atom stereocenters. The van der Waals surface area contributed by atoms with Crippen LogP contribution in [0, 0.1) is 0 Å². The van der Waals surface area contributed by atoms with Gasteiger partial charge in [-0.1, -0.05) is 28.9 Å². The van der Waals surface area contributed by atoms with Crippen LogP contribution in [0.3, 0.4) is 0 Å². The average molecular weight is 432 g/mol. The van der Waals surface area contributed by atoms with Crippen LogP contribution in [-0.2, 0) is 13.1 Å². The Bertz CT molecular complexity index is 583. The normalized spacial score (nSPS) is 10.9.